The van der Waals surface area contributed by atoms with E-state index in [1.807, 2.05) is 65.8 Å². The topological polar surface area (TPSA) is 129 Å². The van der Waals surface area contributed by atoms with Gasteiger partial charge in [0.15, 0.2) is 0 Å². The van der Waals surface area contributed by atoms with Gasteiger partial charge in [-0.2, -0.15) is 0 Å². The summed E-state index contributed by atoms with van der Waals surface area (Å²) in [7, 11) is 3.50. The van der Waals surface area contributed by atoms with Gasteiger partial charge >= 0.3 is 0 Å². The average molecular weight is 746 g/mol. The van der Waals surface area contributed by atoms with Crippen molar-refractivity contribution in [2.75, 3.05) is 33.7 Å². The van der Waals surface area contributed by atoms with Crippen LogP contribution in [0.2, 0.25) is 0 Å². The minimum atomic E-state index is -0.669. The molecule has 2 fully saturated rings. The summed E-state index contributed by atoms with van der Waals surface area (Å²) in [5, 5.41) is 8.92. The quantitative estimate of drug-likeness (QED) is 0.174. The maximum Gasteiger partial charge on any atom is 0.245 e. The number of benzene rings is 2. The second kappa shape index (κ2) is 16.8. The second-order valence-electron chi connectivity index (χ2n) is 15.2. The third kappa shape index (κ3) is 8.19. The number of likely N-dealkylation sites (N-methyl/N-ethyl adjacent to an activating group) is 2. The summed E-state index contributed by atoms with van der Waals surface area (Å²) in [6, 6.07) is 7.82. The molecule has 2 aromatic heterocycles. The third-order valence-electron chi connectivity index (χ3n) is 10.8. The lowest BCUT2D eigenvalue weighted by Gasteiger charge is -2.31. The van der Waals surface area contributed by atoms with E-state index in [0.29, 0.717) is 48.9 Å². The SMILES string of the molecule is CNCC(=O)NC(C(=O)N1CCCC1Cn1c(/C=C/c2nc3cc(F)ccc3n2CC2CCCN2C(=O)C(NC)C(C)C)nc2cc(F)ccc21)C(C)C. The number of likely N-dealkylation sites (tertiary alicyclic amines) is 2. The Kier molecular flexibility index (Phi) is 12.1. The van der Waals surface area contributed by atoms with E-state index >= 15 is 0 Å². The number of carbonyl (C=O) groups excluding carboxylic acids is 3. The summed E-state index contributed by atoms with van der Waals surface area (Å²) in [6.45, 7) is 10.1. The largest absolute Gasteiger partial charge is 0.343 e. The van der Waals surface area contributed by atoms with Crippen LogP contribution in [0.1, 0.15) is 65.0 Å². The predicted octanol–water partition coefficient (Wildman–Crippen LogP) is 4.42. The van der Waals surface area contributed by atoms with Crippen molar-refractivity contribution in [1.29, 1.82) is 0 Å². The van der Waals surface area contributed by atoms with Gasteiger partial charge in [-0.25, -0.2) is 18.7 Å². The summed E-state index contributed by atoms with van der Waals surface area (Å²) >= 11 is 0. The molecular weight excluding hydrogens is 692 g/mol. The number of halogens is 2. The number of fused-ring (bicyclic) bond motifs is 2. The molecule has 14 heteroatoms. The Labute approximate surface area is 315 Å². The Morgan fingerprint density at radius 2 is 1.22 bits per heavy atom. The Morgan fingerprint density at radius 3 is 1.65 bits per heavy atom. The van der Waals surface area contributed by atoms with Crippen molar-refractivity contribution in [3.8, 4) is 0 Å². The zero-order chi connectivity index (χ0) is 38.7. The fourth-order valence-electron chi connectivity index (χ4n) is 8.08. The van der Waals surface area contributed by atoms with Gasteiger partial charge in [-0.1, -0.05) is 27.7 Å². The third-order valence-corrected chi connectivity index (χ3v) is 10.8. The molecule has 0 spiro atoms. The van der Waals surface area contributed by atoms with Crippen LogP contribution >= 0.6 is 0 Å². The molecule has 290 valence electrons. The molecule has 3 N–H and O–H groups in total. The summed E-state index contributed by atoms with van der Waals surface area (Å²) in [6.07, 6.45) is 6.95. The number of amides is 3. The van der Waals surface area contributed by atoms with E-state index in [4.69, 9.17) is 9.97 Å². The van der Waals surface area contributed by atoms with E-state index in [2.05, 4.69) is 16.0 Å². The van der Waals surface area contributed by atoms with Crippen LogP contribution in [0.5, 0.6) is 0 Å². The van der Waals surface area contributed by atoms with Gasteiger partial charge in [0.2, 0.25) is 17.7 Å². The molecule has 4 unspecified atom stereocenters. The lowest BCUT2D eigenvalue weighted by atomic mass is 10.0. The van der Waals surface area contributed by atoms with E-state index in [-0.39, 0.29) is 54.2 Å². The van der Waals surface area contributed by atoms with E-state index in [0.717, 1.165) is 36.7 Å². The summed E-state index contributed by atoms with van der Waals surface area (Å²) in [5.41, 5.74) is 2.45. The minimum Gasteiger partial charge on any atom is -0.343 e. The fraction of sp³-hybridized carbons (Fsp3) is 0.525. The first-order chi connectivity index (χ1) is 25.9. The molecule has 0 radical (unpaired) electrons. The molecule has 6 rings (SSSR count). The first-order valence-corrected chi connectivity index (χ1v) is 19.1. The minimum absolute atomic E-state index is 0.0715. The zero-order valence-corrected chi connectivity index (χ0v) is 32.1. The molecule has 2 aliphatic heterocycles. The number of hydrogen-bond acceptors (Lipinski definition) is 7. The first kappa shape index (κ1) is 39.0. The molecule has 12 nitrogen and oxygen atoms in total. The normalized spacial score (nSPS) is 18.9. The van der Waals surface area contributed by atoms with Crippen LogP contribution in [-0.2, 0) is 27.5 Å². The maximum atomic E-state index is 14.5. The fourth-order valence-corrected chi connectivity index (χ4v) is 8.08. The Hall–Kier alpha value is -4.69. The Balaban J connectivity index is 1.33. The average Bonchev–Trinajstić information content (AvgIpc) is 3.92. The number of nitrogens with one attached hydrogen (secondary N) is 3. The number of hydrogen-bond donors (Lipinski definition) is 3. The molecule has 3 amide bonds. The molecule has 54 heavy (non-hydrogen) atoms. The Bertz CT molecular complexity index is 2020. The van der Waals surface area contributed by atoms with Gasteiger partial charge in [-0.05, 0) is 88.0 Å². The van der Waals surface area contributed by atoms with Crippen LogP contribution in [0.15, 0.2) is 36.4 Å². The van der Waals surface area contributed by atoms with Gasteiger partial charge in [0.1, 0.15) is 29.3 Å². The van der Waals surface area contributed by atoms with E-state index in [1.165, 1.54) is 24.3 Å². The zero-order valence-electron chi connectivity index (χ0n) is 32.1. The smallest absolute Gasteiger partial charge is 0.245 e. The lowest BCUT2D eigenvalue weighted by molar-refractivity contribution is -0.138. The van der Waals surface area contributed by atoms with E-state index < -0.39 is 17.7 Å². The summed E-state index contributed by atoms with van der Waals surface area (Å²) in [4.78, 5) is 53.5. The molecule has 4 heterocycles. The number of rotatable bonds is 14. The van der Waals surface area contributed by atoms with Crippen LogP contribution in [-0.4, -0.2) is 105 Å². The van der Waals surface area contributed by atoms with Gasteiger partial charge in [0.05, 0.1) is 34.7 Å². The molecule has 0 aliphatic carbocycles. The van der Waals surface area contributed by atoms with Gasteiger partial charge in [0.25, 0.3) is 0 Å². The predicted molar refractivity (Wildman–Crippen MR) is 206 cm³/mol. The van der Waals surface area contributed by atoms with Crippen molar-refractivity contribution in [3.05, 3.63) is 59.7 Å². The number of nitrogens with zero attached hydrogens (tertiary/aromatic N) is 6. The monoisotopic (exact) mass is 745 g/mol. The van der Waals surface area contributed by atoms with E-state index in [9.17, 15) is 23.2 Å². The first-order valence-electron chi connectivity index (χ1n) is 19.1. The highest BCUT2D eigenvalue weighted by Crippen LogP contribution is 2.28. The van der Waals surface area contributed by atoms with Crippen molar-refractivity contribution in [1.82, 2.24) is 44.9 Å². The van der Waals surface area contributed by atoms with Gasteiger partial charge in [-0.15, -0.1) is 0 Å². The second-order valence-corrected chi connectivity index (χ2v) is 15.2. The highest BCUT2D eigenvalue weighted by Gasteiger charge is 2.37. The number of aromatic nitrogens is 4. The van der Waals surface area contributed by atoms with Crippen molar-refractivity contribution >= 4 is 51.9 Å². The van der Waals surface area contributed by atoms with Crippen molar-refractivity contribution < 1.29 is 23.2 Å². The molecule has 2 saturated heterocycles. The molecule has 2 aliphatic rings. The summed E-state index contributed by atoms with van der Waals surface area (Å²) < 4.78 is 33.0. The molecule has 0 saturated carbocycles. The standard InChI is InChI=1S/C40H53F2N9O3/c1-24(2)37(44-6)39(53)48-17-7-9-28(48)22-50-32-13-11-26(41)19-30(32)45-34(50)15-16-35-46-31-20-27(42)12-14-33(31)51(35)23-29-10-8-18-49(29)40(54)38(25(3)4)47-36(52)21-43-5/h11-16,19-20,24-25,28-29,37-38,43-44H,7-10,17-18,21-23H2,1-6H3,(H,47,52)/b16-15+. The van der Waals surface area contributed by atoms with Crippen molar-refractivity contribution in [2.24, 2.45) is 11.8 Å². The molecule has 2 aromatic carbocycles. The van der Waals surface area contributed by atoms with Crippen LogP contribution in [0, 0.1) is 23.5 Å². The molecule has 4 aromatic rings. The highest BCUT2D eigenvalue weighted by atomic mass is 19.1. The highest BCUT2D eigenvalue weighted by molar-refractivity contribution is 5.89. The van der Waals surface area contributed by atoms with Crippen molar-refractivity contribution in [3.63, 3.8) is 0 Å². The van der Waals surface area contributed by atoms with Gasteiger partial charge < -0.3 is 34.9 Å². The molecule has 4 atom stereocenters. The van der Waals surface area contributed by atoms with Crippen molar-refractivity contribution in [2.45, 2.75) is 90.6 Å². The van der Waals surface area contributed by atoms with Gasteiger partial charge in [-0.3, -0.25) is 14.4 Å². The van der Waals surface area contributed by atoms with Crippen LogP contribution in [0.25, 0.3) is 34.2 Å². The van der Waals surface area contributed by atoms with Crippen LogP contribution in [0.4, 0.5) is 8.78 Å². The summed E-state index contributed by atoms with van der Waals surface area (Å²) in [5.74, 6) is 0.0399. The van der Waals surface area contributed by atoms with Crippen LogP contribution < -0.4 is 16.0 Å². The van der Waals surface area contributed by atoms with Crippen LogP contribution in [0.3, 0.4) is 0 Å². The lowest BCUT2D eigenvalue weighted by Crippen LogP contribution is -2.54. The van der Waals surface area contributed by atoms with E-state index in [1.54, 1.807) is 19.2 Å². The number of carbonyl (C=O) groups is 3. The number of imidazole rings is 2. The van der Waals surface area contributed by atoms with Gasteiger partial charge in [0, 0.05) is 50.4 Å². The molecule has 0 bridgehead atoms. The Morgan fingerprint density at radius 1 is 0.759 bits per heavy atom. The maximum absolute atomic E-state index is 14.5. The molecular formula is C40H53F2N9O3.